The minimum absolute atomic E-state index is 0.811. The zero-order valence-corrected chi connectivity index (χ0v) is 11.3. The predicted octanol–water partition coefficient (Wildman–Crippen LogP) is 3.26. The van der Waals surface area contributed by atoms with Crippen molar-refractivity contribution in [1.29, 1.82) is 0 Å². The summed E-state index contributed by atoms with van der Waals surface area (Å²) in [7, 11) is 1.73. The van der Waals surface area contributed by atoms with E-state index in [4.69, 9.17) is 4.74 Å². The first kappa shape index (κ1) is 14.0. The largest absolute Gasteiger partial charge is 0.496 e. The minimum atomic E-state index is 0.811. The van der Waals surface area contributed by atoms with Crippen LogP contribution in [0.15, 0.2) is 24.3 Å². The molecule has 0 spiro atoms. The van der Waals surface area contributed by atoms with Crippen LogP contribution in [0.25, 0.3) is 0 Å². The molecule has 2 nitrogen and oxygen atoms in total. The topological polar surface area (TPSA) is 21.3 Å². The second-order valence-corrected chi connectivity index (χ2v) is 4.85. The van der Waals surface area contributed by atoms with Gasteiger partial charge in [-0.05, 0) is 49.9 Å². The summed E-state index contributed by atoms with van der Waals surface area (Å²) in [5, 5.41) is 3.48. The first-order chi connectivity index (χ1) is 8.24. The molecule has 0 radical (unpaired) electrons. The summed E-state index contributed by atoms with van der Waals surface area (Å²) < 4.78 is 5.33. The number of hydrogen-bond acceptors (Lipinski definition) is 2. The molecule has 0 amide bonds. The van der Waals surface area contributed by atoms with Crippen LogP contribution in [0, 0.1) is 5.92 Å². The van der Waals surface area contributed by atoms with Crippen LogP contribution in [-0.4, -0.2) is 20.2 Å². The van der Waals surface area contributed by atoms with Gasteiger partial charge in [-0.3, -0.25) is 0 Å². The summed E-state index contributed by atoms with van der Waals surface area (Å²) >= 11 is 0. The fraction of sp³-hybridized carbons (Fsp3) is 0.600. The molecule has 96 valence electrons. The highest BCUT2D eigenvalue weighted by molar-refractivity contribution is 5.33. The molecular weight excluding hydrogens is 210 g/mol. The first-order valence-corrected chi connectivity index (χ1v) is 6.56. The Morgan fingerprint density at radius 1 is 1.18 bits per heavy atom. The third-order valence-electron chi connectivity index (χ3n) is 2.90. The van der Waals surface area contributed by atoms with Gasteiger partial charge >= 0.3 is 0 Å². The van der Waals surface area contributed by atoms with Gasteiger partial charge in [0.25, 0.3) is 0 Å². The molecule has 1 aromatic rings. The van der Waals surface area contributed by atoms with Crippen molar-refractivity contribution in [3.8, 4) is 5.75 Å². The van der Waals surface area contributed by atoms with E-state index in [9.17, 15) is 0 Å². The zero-order chi connectivity index (χ0) is 12.5. The molecular formula is C15H25NO. The molecule has 0 aliphatic rings. The second-order valence-electron chi connectivity index (χ2n) is 4.85. The summed E-state index contributed by atoms with van der Waals surface area (Å²) in [5.74, 6) is 1.81. The smallest absolute Gasteiger partial charge is 0.122 e. The van der Waals surface area contributed by atoms with Gasteiger partial charge in [0, 0.05) is 0 Å². The molecule has 0 aliphatic carbocycles. The normalized spacial score (nSPS) is 10.8. The Balaban J connectivity index is 2.17. The van der Waals surface area contributed by atoms with Crippen molar-refractivity contribution in [2.75, 3.05) is 20.2 Å². The van der Waals surface area contributed by atoms with Crippen molar-refractivity contribution < 1.29 is 4.74 Å². The lowest BCUT2D eigenvalue weighted by atomic mass is 10.1. The molecule has 0 aliphatic heterocycles. The number of ether oxygens (including phenoxy) is 1. The minimum Gasteiger partial charge on any atom is -0.496 e. The van der Waals surface area contributed by atoms with Crippen LogP contribution >= 0.6 is 0 Å². The quantitative estimate of drug-likeness (QED) is 0.698. The molecule has 0 saturated heterocycles. The molecule has 1 N–H and O–H groups in total. The Morgan fingerprint density at radius 3 is 2.65 bits per heavy atom. The monoisotopic (exact) mass is 235 g/mol. The van der Waals surface area contributed by atoms with Gasteiger partial charge in [0.1, 0.15) is 5.75 Å². The highest BCUT2D eigenvalue weighted by Crippen LogP contribution is 2.17. The summed E-state index contributed by atoms with van der Waals surface area (Å²) in [6, 6.07) is 8.23. The molecule has 1 rings (SSSR count). The Kier molecular flexibility index (Phi) is 6.71. The van der Waals surface area contributed by atoms with Gasteiger partial charge in [-0.2, -0.15) is 0 Å². The van der Waals surface area contributed by atoms with Crippen LogP contribution in [-0.2, 0) is 6.42 Å². The summed E-state index contributed by atoms with van der Waals surface area (Å²) in [6.45, 7) is 6.69. The Hall–Kier alpha value is -1.02. The molecule has 0 atom stereocenters. The predicted molar refractivity (Wildman–Crippen MR) is 73.6 cm³/mol. The average Bonchev–Trinajstić information content (AvgIpc) is 2.33. The number of rotatable bonds is 8. The van der Waals surface area contributed by atoms with E-state index in [0.29, 0.717) is 0 Å². The number of hydrogen-bond donors (Lipinski definition) is 1. The highest BCUT2D eigenvalue weighted by atomic mass is 16.5. The molecule has 0 heterocycles. The number of benzene rings is 1. The van der Waals surface area contributed by atoms with Crippen LogP contribution in [0.5, 0.6) is 5.75 Å². The van der Waals surface area contributed by atoms with Crippen molar-refractivity contribution >= 4 is 0 Å². The van der Waals surface area contributed by atoms with Crippen LogP contribution in [0.2, 0.25) is 0 Å². The molecule has 0 unspecified atom stereocenters. The van der Waals surface area contributed by atoms with Gasteiger partial charge in [0.2, 0.25) is 0 Å². The van der Waals surface area contributed by atoms with Crippen molar-refractivity contribution in [2.45, 2.75) is 33.1 Å². The SMILES string of the molecule is COc1ccccc1CCNCCCC(C)C. The van der Waals surface area contributed by atoms with E-state index in [-0.39, 0.29) is 0 Å². The Bertz CT molecular complexity index is 310. The van der Waals surface area contributed by atoms with E-state index >= 15 is 0 Å². The third kappa shape index (κ3) is 5.73. The van der Waals surface area contributed by atoms with E-state index in [1.807, 2.05) is 12.1 Å². The lowest BCUT2D eigenvalue weighted by molar-refractivity contribution is 0.409. The molecule has 0 fully saturated rings. The van der Waals surface area contributed by atoms with Crippen LogP contribution in [0.3, 0.4) is 0 Å². The van der Waals surface area contributed by atoms with E-state index in [0.717, 1.165) is 31.2 Å². The maximum Gasteiger partial charge on any atom is 0.122 e. The number of nitrogens with one attached hydrogen (secondary N) is 1. The van der Waals surface area contributed by atoms with Gasteiger partial charge in [-0.25, -0.2) is 0 Å². The Labute approximate surface area is 105 Å². The standard InChI is InChI=1S/C15H25NO/c1-13(2)7-6-11-16-12-10-14-8-4-5-9-15(14)17-3/h4-5,8-9,13,16H,6-7,10-12H2,1-3H3. The lowest BCUT2D eigenvalue weighted by Gasteiger charge is -2.09. The van der Waals surface area contributed by atoms with E-state index < -0.39 is 0 Å². The maximum absolute atomic E-state index is 5.33. The molecule has 2 heteroatoms. The van der Waals surface area contributed by atoms with E-state index in [1.165, 1.54) is 18.4 Å². The lowest BCUT2D eigenvalue weighted by Crippen LogP contribution is -2.19. The van der Waals surface area contributed by atoms with Crippen molar-refractivity contribution in [3.63, 3.8) is 0 Å². The van der Waals surface area contributed by atoms with Gasteiger partial charge in [-0.15, -0.1) is 0 Å². The first-order valence-electron chi connectivity index (χ1n) is 6.56. The number of para-hydroxylation sites is 1. The van der Waals surface area contributed by atoms with Gasteiger partial charge in [0.05, 0.1) is 7.11 Å². The molecule has 17 heavy (non-hydrogen) atoms. The highest BCUT2D eigenvalue weighted by Gasteiger charge is 2.00. The molecule has 0 aromatic heterocycles. The summed E-state index contributed by atoms with van der Waals surface area (Å²) in [4.78, 5) is 0. The van der Waals surface area contributed by atoms with Gasteiger partial charge in [0.15, 0.2) is 0 Å². The zero-order valence-electron chi connectivity index (χ0n) is 11.3. The van der Waals surface area contributed by atoms with Crippen LogP contribution in [0.4, 0.5) is 0 Å². The van der Waals surface area contributed by atoms with Crippen molar-refractivity contribution in [3.05, 3.63) is 29.8 Å². The fourth-order valence-electron chi connectivity index (χ4n) is 1.89. The number of methoxy groups -OCH3 is 1. The van der Waals surface area contributed by atoms with Crippen LogP contribution in [0.1, 0.15) is 32.3 Å². The van der Waals surface area contributed by atoms with Gasteiger partial charge < -0.3 is 10.1 Å². The average molecular weight is 235 g/mol. The third-order valence-corrected chi connectivity index (χ3v) is 2.90. The van der Waals surface area contributed by atoms with Crippen molar-refractivity contribution in [2.24, 2.45) is 5.92 Å². The Morgan fingerprint density at radius 2 is 1.94 bits per heavy atom. The second kappa shape index (κ2) is 8.13. The molecule has 1 aromatic carbocycles. The molecule has 0 saturated carbocycles. The molecule has 0 bridgehead atoms. The van der Waals surface area contributed by atoms with E-state index in [2.05, 4.69) is 31.3 Å². The fourth-order valence-corrected chi connectivity index (χ4v) is 1.89. The van der Waals surface area contributed by atoms with Gasteiger partial charge in [-0.1, -0.05) is 32.0 Å². The maximum atomic E-state index is 5.33. The summed E-state index contributed by atoms with van der Waals surface area (Å²) in [6.07, 6.45) is 3.61. The van der Waals surface area contributed by atoms with Crippen LogP contribution < -0.4 is 10.1 Å². The summed E-state index contributed by atoms with van der Waals surface area (Å²) in [5.41, 5.74) is 1.28. The van der Waals surface area contributed by atoms with Crippen molar-refractivity contribution in [1.82, 2.24) is 5.32 Å². The van der Waals surface area contributed by atoms with E-state index in [1.54, 1.807) is 7.11 Å².